The molecule has 1 rings (SSSR count). The Balaban J connectivity index is 2.72. The third kappa shape index (κ3) is 5.50. The van der Waals surface area contributed by atoms with E-state index in [4.69, 9.17) is 5.11 Å². The van der Waals surface area contributed by atoms with Gasteiger partial charge in [0.05, 0.1) is 18.2 Å². The molecule has 0 aliphatic carbocycles. The molecule has 0 aromatic carbocycles. The molecule has 0 radical (unpaired) electrons. The van der Waals surface area contributed by atoms with Crippen LogP contribution in [-0.2, 0) is 9.59 Å². The lowest BCUT2D eigenvalue weighted by atomic mass is 10.1. The Morgan fingerprint density at radius 3 is 2.41 bits per heavy atom. The van der Waals surface area contributed by atoms with Crippen molar-refractivity contribution in [2.75, 3.05) is 13.1 Å². The highest BCUT2D eigenvalue weighted by atomic mass is 16.4. The predicted octanol–water partition coefficient (Wildman–Crippen LogP) is 2.41. The van der Waals surface area contributed by atoms with E-state index in [0.717, 1.165) is 11.4 Å². The lowest BCUT2D eigenvalue weighted by Crippen LogP contribution is -2.37. The molecule has 22 heavy (non-hydrogen) atoms. The largest absolute Gasteiger partial charge is 0.481 e. The predicted molar refractivity (Wildman–Crippen MR) is 84.7 cm³/mol. The van der Waals surface area contributed by atoms with Crippen molar-refractivity contribution in [2.45, 2.75) is 53.5 Å². The summed E-state index contributed by atoms with van der Waals surface area (Å²) in [7, 11) is 0. The molecule has 0 saturated carbocycles. The summed E-state index contributed by atoms with van der Waals surface area (Å²) in [6.07, 6.45) is 0.307. The summed E-state index contributed by atoms with van der Waals surface area (Å²) < 4.78 is 1.86. The van der Waals surface area contributed by atoms with Gasteiger partial charge in [0.25, 0.3) is 0 Å². The fourth-order valence-corrected chi connectivity index (χ4v) is 2.55. The minimum Gasteiger partial charge on any atom is -0.481 e. The average Bonchev–Trinajstić information content (AvgIpc) is 2.72. The second-order valence-electron chi connectivity index (χ2n) is 6.30. The van der Waals surface area contributed by atoms with Gasteiger partial charge in [-0.1, -0.05) is 13.8 Å². The molecule has 1 unspecified atom stereocenters. The number of carboxylic acid groups (broad SMARTS) is 1. The van der Waals surface area contributed by atoms with Crippen LogP contribution >= 0.6 is 0 Å². The summed E-state index contributed by atoms with van der Waals surface area (Å²) in [5.74, 6) is -0.593. The van der Waals surface area contributed by atoms with Gasteiger partial charge < -0.3 is 10.0 Å². The molecule has 1 aromatic heterocycles. The van der Waals surface area contributed by atoms with Crippen molar-refractivity contribution in [3.8, 4) is 0 Å². The molecule has 6 heteroatoms. The van der Waals surface area contributed by atoms with Crippen LogP contribution < -0.4 is 0 Å². The first-order valence-corrected chi connectivity index (χ1v) is 7.73. The van der Waals surface area contributed by atoms with Crippen LogP contribution in [0.1, 0.15) is 51.0 Å². The van der Waals surface area contributed by atoms with Crippen molar-refractivity contribution in [3.63, 3.8) is 0 Å². The maximum Gasteiger partial charge on any atom is 0.305 e. The molecule has 1 N–H and O–H groups in total. The van der Waals surface area contributed by atoms with Crippen LogP contribution in [0.25, 0.3) is 0 Å². The van der Waals surface area contributed by atoms with E-state index in [1.165, 1.54) is 0 Å². The molecule has 1 heterocycles. The molecule has 0 aliphatic rings. The molecule has 1 aromatic rings. The average molecular weight is 309 g/mol. The van der Waals surface area contributed by atoms with E-state index < -0.39 is 5.97 Å². The van der Waals surface area contributed by atoms with Gasteiger partial charge in [0.2, 0.25) is 5.91 Å². The zero-order valence-electron chi connectivity index (χ0n) is 14.2. The van der Waals surface area contributed by atoms with E-state index in [-0.39, 0.29) is 24.9 Å². The fraction of sp³-hybridized carbons (Fsp3) is 0.688. The van der Waals surface area contributed by atoms with E-state index in [1.807, 2.05) is 45.4 Å². The molecular weight excluding hydrogens is 282 g/mol. The minimum absolute atomic E-state index is 0.0185. The smallest absolute Gasteiger partial charge is 0.305 e. The number of aromatic nitrogens is 2. The summed E-state index contributed by atoms with van der Waals surface area (Å²) in [5.41, 5.74) is 1.96. The molecule has 1 amide bonds. The van der Waals surface area contributed by atoms with Gasteiger partial charge in [-0.2, -0.15) is 5.10 Å². The maximum absolute atomic E-state index is 12.5. The van der Waals surface area contributed by atoms with Crippen molar-refractivity contribution >= 4 is 11.9 Å². The third-order valence-corrected chi connectivity index (χ3v) is 3.47. The number of nitrogens with zero attached hydrogens (tertiary/aromatic N) is 3. The first-order chi connectivity index (χ1) is 10.2. The Morgan fingerprint density at radius 1 is 1.32 bits per heavy atom. The molecule has 0 spiro atoms. The van der Waals surface area contributed by atoms with Crippen LogP contribution in [0.4, 0.5) is 0 Å². The summed E-state index contributed by atoms with van der Waals surface area (Å²) in [6.45, 7) is 10.7. The Hall–Kier alpha value is -1.85. The number of amides is 1. The Morgan fingerprint density at radius 2 is 1.95 bits per heavy atom. The van der Waals surface area contributed by atoms with Gasteiger partial charge in [-0.3, -0.25) is 14.3 Å². The van der Waals surface area contributed by atoms with Crippen LogP contribution in [-0.4, -0.2) is 44.8 Å². The normalized spacial score (nSPS) is 12.5. The highest BCUT2D eigenvalue weighted by Crippen LogP contribution is 2.16. The van der Waals surface area contributed by atoms with Crippen LogP contribution in [0.3, 0.4) is 0 Å². The number of carbonyl (C=O) groups is 2. The summed E-state index contributed by atoms with van der Waals surface area (Å²) in [4.78, 5) is 24.9. The third-order valence-electron chi connectivity index (χ3n) is 3.47. The number of aryl methyl sites for hydroxylation is 2. The Labute approximate surface area is 132 Å². The molecule has 1 atom stereocenters. The fourth-order valence-electron chi connectivity index (χ4n) is 2.55. The number of aliphatic carboxylic acids is 1. The second-order valence-corrected chi connectivity index (χ2v) is 6.30. The van der Waals surface area contributed by atoms with Crippen LogP contribution in [0.15, 0.2) is 6.07 Å². The highest BCUT2D eigenvalue weighted by molar-refractivity contribution is 5.77. The monoisotopic (exact) mass is 309 g/mol. The molecule has 0 aliphatic heterocycles. The summed E-state index contributed by atoms with van der Waals surface area (Å²) in [5, 5.41) is 13.2. The molecule has 0 fully saturated rings. The van der Waals surface area contributed by atoms with Crippen molar-refractivity contribution in [2.24, 2.45) is 5.92 Å². The first-order valence-electron chi connectivity index (χ1n) is 7.73. The quantitative estimate of drug-likeness (QED) is 0.800. The van der Waals surface area contributed by atoms with E-state index in [2.05, 4.69) is 5.10 Å². The van der Waals surface area contributed by atoms with Crippen molar-refractivity contribution in [3.05, 3.63) is 17.5 Å². The van der Waals surface area contributed by atoms with E-state index >= 15 is 0 Å². The lowest BCUT2D eigenvalue weighted by molar-refractivity contribution is -0.138. The van der Waals surface area contributed by atoms with Gasteiger partial charge in [-0.25, -0.2) is 0 Å². The topological polar surface area (TPSA) is 75.4 Å². The first kappa shape index (κ1) is 18.2. The van der Waals surface area contributed by atoms with Crippen molar-refractivity contribution in [1.29, 1.82) is 0 Å². The van der Waals surface area contributed by atoms with Gasteiger partial charge in [0, 0.05) is 25.2 Å². The maximum atomic E-state index is 12.5. The van der Waals surface area contributed by atoms with Gasteiger partial charge in [0.15, 0.2) is 0 Å². The second kappa shape index (κ2) is 7.96. The van der Waals surface area contributed by atoms with E-state index in [9.17, 15) is 9.59 Å². The molecule has 0 saturated heterocycles. The number of rotatable bonds is 8. The highest BCUT2D eigenvalue weighted by Gasteiger charge is 2.20. The van der Waals surface area contributed by atoms with Crippen molar-refractivity contribution in [1.82, 2.24) is 14.7 Å². The van der Waals surface area contributed by atoms with Gasteiger partial charge in [0.1, 0.15) is 0 Å². The Kier molecular flexibility index (Phi) is 6.59. The van der Waals surface area contributed by atoms with E-state index in [0.29, 0.717) is 18.9 Å². The zero-order valence-corrected chi connectivity index (χ0v) is 14.2. The molecule has 124 valence electrons. The SMILES string of the molecule is Cc1cc(C)n(C(C)CC(=O)N(CCC(=O)O)CC(C)C)n1. The van der Waals surface area contributed by atoms with Crippen LogP contribution in [0.2, 0.25) is 0 Å². The molecule has 0 bridgehead atoms. The van der Waals surface area contributed by atoms with Gasteiger partial charge in [-0.05, 0) is 32.8 Å². The molecular formula is C16H27N3O3. The summed E-state index contributed by atoms with van der Waals surface area (Å²) in [6, 6.07) is 1.94. The van der Waals surface area contributed by atoms with Gasteiger partial charge in [-0.15, -0.1) is 0 Å². The zero-order chi connectivity index (χ0) is 16.9. The van der Waals surface area contributed by atoms with E-state index in [1.54, 1.807) is 4.90 Å². The number of hydrogen-bond acceptors (Lipinski definition) is 3. The van der Waals surface area contributed by atoms with Crippen molar-refractivity contribution < 1.29 is 14.7 Å². The Bertz CT molecular complexity index is 523. The number of hydrogen-bond donors (Lipinski definition) is 1. The number of carbonyl (C=O) groups excluding carboxylic acids is 1. The number of carboxylic acids is 1. The standard InChI is InChI=1S/C16H27N3O3/c1-11(2)10-18(7-6-16(21)22)15(20)9-14(5)19-13(4)8-12(3)17-19/h8,11,14H,6-7,9-10H2,1-5H3,(H,21,22). The summed E-state index contributed by atoms with van der Waals surface area (Å²) >= 11 is 0. The van der Waals surface area contributed by atoms with Crippen LogP contribution in [0.5, 0.6) is 0 Å². The lowest BCUT2D eigenvalue weighted by Gasteiger charge is -2.26. The van der Waals surface area contributed by atoms with Crippen LogP contribution in [0, 0.1) is 19.8 Å². The minimum atomic E-state index is -0.881. The molecule has 6 nitrogen and oxygen atoms in total. The van der Waals surface area contributed by atoms with Gasteiger partial charge >= 0.3 is 5.97 Å².